The molecule has 5 heteroatoms. The molecule has 5 nitrogen and oxygen atoms in total. The molecular formula is C21H26N2O3. The lowest BCUT2D eigenvalue weighted by molar-refractivity contribution is -0.122. The topological polar surface area (TPSA) is 67.4 Å². The number of hydrogen-bond donors (Lipinski definition) is 2. The van der Waals surface area contributed by atoms with Gasteiger partial charge in [0, 0.05) is 18.3 Å². The molecule has 0 aliphatic carbocycles. The van der Waals surface area contributed by atoms with Gasteiger partial charge < -0.3 is 15.4 Å². The predicted molar refractivity (Wildman–Crippen MR) is 105 cm³/mol. The van der Waals surface area contributed by atoms with Crippen LogP contribution in [-0.2, 0) is 15.0 Å². The van der Waals surface area contributed by atoms with Crippen LogP contribution >= 0.6 is 0 Å². The number of rotatable bonds is 5. The van der Waals surface area contributed by atoms with Gasteiger partial charge in [-0.25, -0.2) is 0 Å². The van der Waals surface area contributed by atoms with Crippen LogP contribution in [0.4, 0.5) is 11.4 Å². The Morgan fingerprint density at radius 2 is 1.54 bits per heavy atom. The summed E-state index contributed by atoms with van der Waals surface area (Å²) in [6, 6.07) is 14.8. The summed E-state index contributed by atoms with van der Waals surface area (Å²) in [5.74, 6) is 0.224. The van der Waals surface area contributed by atoms with Crippen molar-refractivity contribution in [3.63, 3.8) is 0 Å². The van der Waals surface area contributed by atoms with Crippen molar-refractivity contribution >= 4 is 23.2 Å². The monoisotopic (exact) mass is 354 g/mol. The summed E-state index contributed by atoms with van der Waals surface area (Å²) in [5, 5.41) is 5.48. The van der Waals surface area contributed by atoms with E-state index in [0.29, 0.717) is 17.1 Å². The maximum atomic E-state index is 12.4. The fraction of sp³-hybridized carbons (Fsp3) is 0.333. The summed E-state index contributed by atoms with van der Waals surface area (Å²) in [6.45, 7) is 9.58. The lowest BCUT2D eigenvalue weighted by Crippen LogP contribution is -2.30. The number of ether oxygens (including phenoxy) is 1. The van der Waals surface area contributed by atoms with Crippen molar-refractivity contribution in [3.05, 3.63) is 54.1 Å². The first-order valence-electron chi connectivity index (χ1n) is 8.61. The molecule has 0 saturated heterocycles. The third-order valence-corrected chi connectivity index (χ3v) is 3.85. The maximum Gasteiger partial charge on any atom is 0.265 e. The van der Waals surface area contributed by atoms with Crippen LogP contribution in [0, 0.1) is 0 Å². The van der Waals surface area contributed by atoms with Crippen LogP contribution in [-0.4, -0.2) is 17.9 Å². The Bertz CT molecular complexity index is 777. The van der Waals surface area contributed by atoms with Crippen molar-refractivity contribution in [2.45, 2.75) is 46.1 Å². The smallest absolute Gasteiger partial charge is 0.265 e. The molecule has 1 atom stereocenters. The number of benzene rings is 2. The average Bonchev–Trinajstić information content (AvgIpc) is 2.54. The molecule has 0 radical (unpaired) electrons. The number of anilines is 2. The van der Waals surface area contributed by atoms with Crippen LogP contribution in [0.5, 0.6) is 5.75 Å². The van der Waals surface area contributed by atoms with Crippen LogP contribution in [0.15, 0.2) is 48.5 Å². The van der Waals surface area contributed by atoms with Gasteiger partial charge in [-0.1, -0.05) is 39.0 Å². The Hall–Kier alpha value is -2.82. The van der Waals surface area contributed by atoms with Gasteiger partial charge in [-0.3, -0.25) is 9.59 Å². The van der Waals surface area contributed by atoms with Crippen LogP contribution in [0.3, 0.4) is 0 Å². The Kier molecular flexibility index (Phi) is 6.03. The van der Waals surface area contributed by atoms with Crippen molar-refractivity contribution in [3.8, 4) is 5.75 Å². The van der Waals surface area contributed by atoms with Gasteiger partial charge >= 0.3 is 0 Å². The molecule has 0 fully saturated rings. The zero-order valence-electron chi connectivity index (χ0n) is 15.9. The molecule has 0 aromatic heterocycles. The van der Waals surface area contributed by atoms with Crippen molar-refractivity contribution in [2.75, 3.05) is 10.6 Å². The molecule has 2 aromatic carbocycles. The van der Waals surface area contributed by atoms with Crippen LogP contribution in [0.1, 0.15) is 40.2 Å². The zero-order chi connectivity index (χ0) is 19.3. The summed E-state index contributed by atoms with van der Waals surface area (Å²) < 4.78 is 5.73. The highest BCUT2D eigenvalue weighted by molar-refractivity contribution is 5.95. The van der Waals surface area contributed by atoms with E-state index in [0.717, 1.165) is 0 Å². The summed E-state index contributed by atoms with van der Waals surface area (Å²) >= 11 is 0. The normalized spacial score (nSPS) is 12.2. The highest BCUT2D eigenvalue weighted by Crippen LogP contribution is 2.25. The molecule has 0 saturated carbocycles. The van der Waals surface area contributed by atoms with Crippen LogP contribution < -0.4 is 15.4 Å². The Balaban J connectivity index is 1.98. The first kappa shape index (κ1) is 19.5. The second-order valence-electron chi connectivity index (χ2n) is 7.29. The first-order chi connectivity index (χ1) is 12.1. The van der Waals surface area contributed by atoms with Gasteiger partial charge in [0.15, 0.2) is 6.10 Å². The summed E-state index contributed by atoms with van der Waals surface area (Å²) in [6.07, 6.45) is -0.653. The summed E-state index contributed by atoms with van der Waals surface area (Å²) in [4.78, 5) is 23.5. The minimum Gasteiger partial charge on any atom is -0.481 e. The van der Waals surface area contributed by atoms with E-state index in [1.807, 2.05) is 24.3 Å². The van der Waals surface area contributed by atoms with E-state index < -0.39 is 6.10 Å². The lowest BCUT2D eigenvalue weighted by Gasteiger charge is -2.20. The first-order valence-corrected chi connectivity index (χ1v) is 8.61. The fourth-order valence-corrected chi connectivity index (χ4v) is 2.41. The molecular weight excluding hydrogens is 328 g/mol. The van der Waals surface area contributed by atoms with Gasteiger partial charge in [0.05, 0.1) is 0 Å². The molecule has 138 valence electrons. The molecule has 2 aromatic rings. The third-order valence-electron chi connectivity index (χ3n) is 3.85. The van der Waals surface area contributed by atoms with Gasteiger partial charge in [0.25, 0.3) is 5.91 Å². The van der Waals surface area contributed by atoms with Gasteiger partial charge in [-0.2, -0.15) is 0 Å². The Morgan fingerprint density at radius 3 is 2.08 bits per heavy atom. The number of carbonyl (C=O) groups is 2. The number of nitrogens with one attached hydrogen (secondary N) is 2. The van der Waals surface area contributed by atoms with E-state index in [2.05, 4.69) is 31.4 Å². The van der Waals surface area contributed by atoms with Gasteiger partial charge in [-0.05, 0) is 48.2 Å². The molecule has 26 heavy (non-hydrogen) atoms. The van der Waals surface area contributed by atoms with Crippen molar-refractivity contribution in [2.24, 2.45) is 0 Å². The summed E-state index contributed by atoms with van der Waals surface area (Å²) in [7, 11) is 0. The molecule has 0 bridgehead atoms. The Morgan fingerprint density at radius 1 is 0.962 bits per heavy atom. The highest BCUT2D eigenvalue weighted by Gasteiger charge is 2.17. The quantitative estimate of drug-likeness (QED) is 0.839. The minimum absolute atomic E-state index is 0.0699. The molecule has 1 unspecified atom stereocenters. The highest BCUT2D eigenvalue weighted by atomic mass is 16.5. The largest absolute Gasteiger partial charge is 0.481 e. The standard InChI is InChI=1S/C21H26N2O3/c1-14(26-19-11-9-16(10-12-19)21(3,4)5)20(25)23-18-8-6-7-17(13-18)22-15(2)24/h6-14H,1-5H3,(H,22,24)(H,23,25). The van der Waals surface area contributed by atoms with Crippen molar-refractivity contribution in [1.82, 2.24) is 0 Å². The van der Waals surface area contributed by atoms with E-state index in [1.165, 1.54) is 12.5 Å². The summed E-state index contributed by atoms with van der Waals surface area (Å²) in [5.41, 5.74) is 2.50. The molecule has 2 amide bonds. The maximum absolute atomic E-state index is 12.4. The van der Waals surface area contributed by atoms with Crippen LogP contribution in [0.2, 0.25) is 0 Å². The van der Waals surface area contributed by atoms with E-state index in [4.69, 9.17) is 4.74 Å². The number of hydrogen-bond acceptors (Lipinski definition) is 3. The van der Waals surface area contributed by atoms with Gasteiger partial charge in [0.1, 0.15) is 5.75 Å². The van der Waals surface area contributed by atoms with Gasteiger partial charge in [-0.15, -0.1) is 0 Å². The minimum atomic E-state index is -0.653. The molecule has 2 rings (SSSR count). The van der Waals surface area contributed by atoms with E-state index >= 15 is 0 Å². The zero-order valence-corrected chi connectivity index (χ0v) is 15.9. The molecule has 0 spiro atoms. The van der Waals surface area contributed by atoms with Crippen LogP contribution in [0.25, 0.3) is 0 Å². The average molecular weight is 354 g/mol. The van der Waals surface area contributed by atoms with E-state index in [1.54, 1.807) is 31.2 Å². The SMILES string of the molecule is CC(=O)Nc1cccc(NC(=O)C(C)Oc2ccc(C(C)(C)C)cc2)c1. The second-order valence-corrected chi connectivity index (χ2v) is 7.29. The van der Waals surface area contributed by atoms with Crippen molar-refractivity contribution < 1.29 is 14.3 Å². The number of amides is 2. The molecule has 2 N–H and O–H groups in total. The fourth-order valence-electron chi connectivity index (χ4n) is 2.41. The van der Waals surface area contributed by atoms with Gasteiger partial charge in [0.2, 0.25) is 5.91 Å². The van der Waals surface area contributed by atoms with Crippen molar-refractivity contribution in [1.29, 1.82) is 0 Å². The van der Waals surface area contributed by atoms with E-state index in [-0.39, 0.29) is 17.2 Å². The molecule has 0 aliphatic heterocycles. The number of carbonyl (C=O) groups excluding carboxylic acids is 2. The molecule has 0 aliphatic rings. The second kappa shape index (κ2) is 8.04. The Labute approximate surface area is 154 Å². The predicted octanol–water partition coefficient (Wildman–Crippen LogP) is 4.35. The molecule has 0 heterocycles. The van der Waals surface area contributed by atoms with E-state index in [9.17, 15) is 9.59 Å². The third kappa shape index (κ3) is 5.62. The lowest BCUT2D eigenvalue weighted by atomic mass is 9.87.